The van der Waals surface area contributed by atoms with Crippen molar-refractivity contribution in [2.75, 3.05) is 40.3 Å². The normalized spacial score (nSPS) is 22.0. The Bertz CT molecular complexity index is 328. The Hall–Kier alpha value is -0.630. The van der Waals surface area contributed by atoms with Crippen molar-refractivity contribution < 1.29 is 0 Å². The van der Waals surface area contributed by atoms with Gasteiger partial charge in [0.15, 0.2) is 0 Å². The zero-order chi connectivity index (χ0) is 15.9. The van der Waals surface area contributed by atoms with E-state index in [4.69, 9.17) is 0 Å². The van der Waals surface area contributed by atoms with Crippen molar-refractivity contribution in [3.8, 4) is 6.07 Å². The lowest BCUT2D eigenvalue weighted by Crippen LogP contribution is -2.49. The molecule has 122 valence electrons. The van der Waals surface area contributed by atoms with Gasteiger partial charge in [0.1, 0.15) is 5.54 Å². The number of hydrogen-bond donors (Lipinski definition) is 1. The summed E-state index contributed by atoms with van der Waals surface area (Å²) in [6, 6.07) is 2.95. The predicted molar refractivity (Wildman–Crippen MR) is 89.2 cm³/mol. The van der Waals surface area contributed by atoms with E-state index >= 15 is 0 Å². The Kier molecular flexibility index (Phi) is 7.65. The molecule has 0 bridgehead atoms. The molecule has 0 saturated carbocycles. The Balaban J connectivity index is 2.42. The molecule has 1 aliphatic rings. The second-order valence-corrected chi connectivity index (χ2v) is 7.17. The van der Waals surface area contributed by atoms with Gasteiger partial charge in [-0.1, -0.05) is 6.92 Å². The van der Waals surface area contributed by atoms with Crippen LogP contribution in [0, 0.1) is 17.2 Å². The highest BCUT2D eigenvalue weighted by Gasteiger charge is 2.30. The summed E-state index contributed by atoms with van der Waals surface area (Å²) < 4.78 is 0. The van der Waals surface area contributed by atoms with Gasteiger partial charge >= 0.3 is 0 Å². The number of piperidine rings is 1. The van der Waals surface area contributed by atoms with E-state index in [1.165, 1.54) is 32.5 Å². The average molecular weight is 294 g/mol. The summed E-state index contributed by atoms with van der Waals surface area (Å²) in [5, 5.41) is 12.9. The summed E-state index contributed by atoms with van der Waals surface area (Å²) in [5.74, 6) is 0.837. The van der Waals surface area contributed by atoms with Crippen LogP contribution in [0.15, 0.2) is 0 Å². The van der Waals surface area contributed by atoms with Crippen LogP contribution in [0.3, 0.4) is 0 Å². The SMILES string of the molecule is CCCNC(C)(C#N)CC(C)N1CCC(CN(C)C)CC1. The van der Waals surface area contributed by atoms with Gasteiger partial charge in [-0.15, -0.1) is 0 Å². The summed E-state index contributed by atoms with van der Waals surface area (Å²) in [5.41, 5.74) is -0.393. The number of rotatable bonds is 8. The summed E-state index contributed by atoms with van der Waals surface area (Å²) in [4.78, 5) is 4.86. The van der Waals surface area contributed by atoms with Crippen LogP contribution in [-0.2, 0) is 0 Å². The number of hydrogen-bond acceptors (Lipinski definition) is 4. The first-order valence-electron chi connectivity index (χ1n) is 8.45. The first kappa shape index (κ1) is 18.4. The van der Waals surface area contributed by atoms with Gasteiger partial charge in [-0.25, -0.2) is 0 Å². The minimum absolute atomic E-state index is 0.393. The summed E-state index contributed by atoms with van der Waals surface area (Å²) in [6.07, 6.45) is 4.55. The quantitative estimate of drug-likeness (QED) is 0.746. The van der Waals surface area contributed by atoms with E-state index in [-0.39, 0.29) is 0 Å². The molecule has 2 unspecified atom stereocenters. The van der Waals surface area contributed by atoms with Gasteiger partial charge < -0.3 is 9.80 Å². The Morgan fingerprint density at radius 3 is 2.48 bits per heavy atom. The lowest BCUT2D eigenvalue weighted by Gasteiger charge is -2.39. The molecule has 1 aliphatic heterocycles. The van der Waals surface area contributed by atoms with E-state index in [9.17, 15) is 5.26 Å². The van der Waals surface area contributed by atoms with Crippen LogP contribution in [0.2, 0.25) is 0 Å². The Labute approximate surface area is 131 Å². The van der Waals surface area contributed by atoms with Gasteiger partial charge in [0, 0.05) is 12.6 Å². The van der Waals surface area contributed by atoms with Gasteiger partial charge in [0.05, 0.1) is 6.07 Å². The second kappa shape index (κ2) is 8.73. The minimum atomic E-state index is -0.393. The monoisotopic (exact) mass is 294 g/mol. The van der Waals surface area contributed by atoms with Gasteiger partial charge in [-0.05, 0) is 79.2 Å². The molecular weight excluding hydrogens is 260 g/mol. The van der Waals surface area contributed by atoms with Crippen LogP contribution in [0.5, 0.6) is 0 Å². The Morgan fingerprint density at radius 2 is 2.00 bits per heavy atom. The van der Waals surface area contributed by atoms with Gasteiger partial charge in [0.25, 0.3) is 0 Å². The maximum atomic E-state index is 9.46. The highest BCUT2D eigenvalue weighted by atomic mass is 15.2. The molecule has 2 atom stereocenters. The minimum Gasteiger partial charge on any atom is -0.309 e. The molecule has 4 nitrogen and oxygen atoms in total. The lowest BCUT2D eigenvalue weighted by molar-refractivity contribution is 0.112. The summed E-state index contributed by atoms with van der Waals surface area (Å²) >= 11 is 0. The zero-order valence-corrected chi connectivity index (χ0v) is 14.7. The first-order chi connectivity index (χ1) is 9.90. The van der Waals surface area contributed by atoms with Crippen molar-refractivity contribution in [2.45, 2.75) is 58.0 Å². The van der Waals surface area contributed by atoms with Crippen LogP contribution in [0.1, 0.15) is 46.5 Å². The van der Waals surface area contributed by atoms with Crippen molar-refractivity contribution in [1.82, 2.24) is 15.1 Å². The van der Waals surface area contributed by atoms with Crippen molar-refractivity contribution in [2.24, 2.45) is 5.92 Å². The highest BCUT2D eigenvalue weighted by molar-refractivity contribution is 5.05. The largest absolute Gasteiger partial charge is 0.309 e. The molecule has 1 N–H and O–H groups in total. The third-order valence-electron chi connectivity index (χ3n) is 4.61. The maximum Gasteiger partial charge on any atom is 0.105 e. The zero-order valence-electron chi connectivity index (χ0n) is 14.7. The molecule has 0 aromatic heterocycles. The second-order valence-electron chi connectivity index (χ2n) is 7.17. The predicted octanol–water partition coefficient (Wildman–Crippen LogP) is 2.32. The van der Waals surface area contributed by atoms with Crippen LogP contribution >= 0.6 is 0 Å². The number of nitrogens with one attached hydrogen (secondary N) is 1. The maximum absolute atomic E-state index is 9.46. The molecule has 1 heterocycles. The van der Waals surface area contributed by atoms with E-state index in [1.807, 2.05) is 6.92 Å². The van der Waals surface area contributed by atoms with Crippen LogP contribution < -0.4 is 5.32 Å². The van der Waals surface area contributed by atoms with E-state index in [0.717, 1.165) is 25.3 Å². The van der Waals surface area contributed by atoms with Crippen molar-refractivity contribution in [1.29, 1.82) is 5.26 Å². The van der Waals surface area contributed by atoms with Gasteiger partial charge in [-0.3, -0.25) is 5.32 Å². The highest BCUT2D eigenvalue weighted by Crippen LogP contribution is 2.23. The number of nitriles is 1. The fraction of sp³-hybridized carbons (Fsp3) is 0.941. The average Bonchev–Trinajstić information content (AvgIpc) is 2.45. The van der Waals surface area contributed by atoms with Crippen LogP contribution in [0.4, 0.5) is 0 Å². The third-order valence-corrected chi connectivity index (χ3v) is 4.61. The van der Waals surface area contributed by atoms with Crippen molar-refractivity contribution >= 4 is 0 Å². The van der Waals surface area contributed by atoms with Crippen molar-refractivity contribution in [3.63, 3.8) is 0 Å². The third kappa shape index (κ3) is 6.34. The molecule has 1 fully saturated rings. The van der Waals surface area contributed by atoms with Crippen LogP contribution in [-0.4, -0.2) is 61.7 Å². The van der Waals surface area contributed by atoms with Crippen LogP contribution in [0.25, 0.3) is 0 Å². The molecule has 1 rings (SSSR count). The molecule has 4 heteroatoms. The molecule has 0 aliphatic carbocycles. The van der Waals surface area contributed by atoms with E-state index in [1.54, 1.807) is 0 Å². The molecule has 0 spiro atoms. The summed E-state index contributed by atoms with van der Waals surface area (Å²) in [6.45, 7) is 10.9. The van der Waals surface area contributed by atoms with E-state index < -0.39 is 5.54 Å². The molecular formula is C17H34N4. The van der Waals surface area contributed by atoms with E-state index in [2.05, 4.69) is 49.1 Å². The Morgan fingerprint density at radius 1 is 1.38 bits per heavy atom. The van der Waals surface area contributed by atoms with Crippen molar-refractivity contribution in [3.05, 3.63) is 0 Å². The standard InChI is InChI=1S/C17H34N4/c1-6-9-19-17(3,14-18)12-15(2)21-10-7-16(8-11-21)13-20(4)5/h15-16,19H,6-13H2,1-5H3. The smallest absolute Gasteiger partial charge is 0.105 e. The molecule has 21 heavy (non-hydrogen) atoms. The fourth-order valence-corrected chi connectivity index (χ4v) is 3.37. The first-order valence-corrected chi connectivity index (χ1v) is 8.45. The van der Waals surface area contributed by atoms with E-state index in [0.29, 0.717) is 6.04 Å². The molecule has 0 radical (unpaired) electrons. The molecule has 0 aromatic rings. The molecule has 1 saturated heterocycles. The topological polar surface area (TPSA) is 42.3 Å². The lowest BCUT2D eigenvalue weighted by atomic mass is 9.91. The molecule has 0 aromatic carbocycles. The number of likely N-dealkylation sites (tertiary alicyclic amines) is 1. The van der Waals surface area contributed by atoms with Gasteiger partial charge in [0.2, 0.25) is 0 Å². The van der Waals surface area contributed by atoms with Gasteiger partial charge in [-0.2, -0.15) is 5.26 Å². The fourth-order valence-electron chi connectivity index (χ4n) is 3.37. The molecule has 0 amide bonds. The summed E-state index contributed by atoms with van der Waals surface area (Å²) in [7, 11) is 4.32. The number of nitrogens with zero attached hydrogens (tertiary/aromatic N) is 3.